The molecule has 1 saturated carbocycles. The van der Waals surface area contributed by atoms with Crippen molar-refractivity contribution in [2.45, 2.75) is 38.3 Å². The monoisotopic (exact) mass is 329 g/mol. The number of aromatic nitrogens is 2. The highest BCUT2D eigenvalue weighted by Crippen LogP contribution is 2.34. The molecule has 2 unspecified atom stereocenters. The maximum absolute atomic E-state index is 9.37. The highest BCUT2D eigenvalue weighted by Gasteiger charge is 2.27. The third-order valence-electron chi connectivity index (χ3n) is 4.37. The molecule has 6 heteroatoms. The van der Waals surface area contributed by atoms with Gasteiger partial charge in [0, 0.05) is 29.0 Å². The first-order valence-electron chi connectivity index (χ1n) is 7.91. The van der Waals surface area contributed by atoms with Gasteiger partial charge in [-0.3, -0.25) is 4.68 Å². The highest BCUT2D eigenvalue weighted by molar-refractivity contribution is 6.30. The van der Waals surface area contributed by atoms with E-state index < -0.39 is 0 Å². The van der Waals surface area contributed by atoms with E-state index in [0.717, 1.165) is 42.8 Å². The fourth-order valence-electron chi connectivity index (χ4n) is 3.10. The zero-order chi connectivity index (χ0) is 16.2. The van der Waals surface area contributed by atoms with Gasteiger partial charge in [0.15, 0.2) is 5.82 Å². The number of rotatable bonds is 4. The Morgan fingerprint density at radius 3 is 2.74 bits per heavy atom. The minimum absolute atomic E-state index is 0.0256. The van der Waals surface area contributed by atoms with Crippen molar-refractivity contribution in [2.24, 2.45) is 11.7 Å². The van der Waals surface area contributed by atoms with Gasteiger partial charge in [0.05, 0.1) is 18.0 Å². The van der Waals surface area contributed by atoms with E-state index >= 15 is 0 Å². The van der Waals surface area contributed by atoms with Crippen LogP contribution < -0.4 is 11.1 Å². The quantitative estimate of drug-likeness (QED) is 0.888. The number of hydrogen-bond acceptors (Lipinski definition) is 4. The van der Waals surface area contributed by atoms with E-state index in [2.05, 4.69) is 16.5 Å². The van der Waals surface area contributed by atoms with Crippen molar-refractivity contribution in [3.05, 3.63) is 41.0 Å². The van der Waals surface area contributed by atoms with Crippen molar-refractivity contribution in [1.29, 1.82) is 5.26 Å². The molecule has 1 aromatic carbocycles. The van der Waals surface area contributed by atoms with Crippen LogP contribution in [-0.4, -0.2) is 9.78 Å². The molecule has 120 valence electrons. The molecule has 3 rings (SSSR count). The first-order chi connectivity index (χ1) is 11.2. The van der Waals surface area contributed by atoms with E-state index in [1.165, 1.54) is 0 Å². The van der Waals surface area contributed by atoms with Crippen LogP contribution in [0.2, 0.25) is 5.02 Å². The van der Waals surface area contributed by atoms with Crippen LogP contribution in [0.4, 0.5) is 11.5 Å². The number of nitrogens with two attached hydrogens (primary N) is 1. The zero-order valence-corrected chi connectivity index (χ0v) is 13.6. The lowest BCUT2D eigenvalue weighted by Gasteiger charge is -2.26. The molecule has 3 N–H and O–H groups in total. The Kier molecular flexibility index (Phi) is 4.85. The van der Waals surface area contributed by atoms with Crippen LogP contribution in [0.25, 0.3) is 0 Å². The summed E-state index contributed by atoms with van der Waals surface area (Å²) in [5.41, 5.74) is 7.72. The summed E-state index contributed by atoms with van der Waals surface area (Å²) in [6.45, 7) is 0.403. The molecule has 1 aromatic heterocycles. The van der Waals surface area contributed by atoms with Crippen LogP contribution >= 0.6 is 11.6 Å². The second-order valence-electron chi connectivity index (χ2n) is 5.91. The Balaban J connectivity index is 1.85. The van der Waals surface area contributed by atoms with Crippen LogP contribution in [0, 0.1) is 17.2 Å². The van der Waals surface area contributed by atoms with Crippen LogP contribution in [0.3, 0.4) is 0 Å². The standard InChI is InChI=1S/C17H20ClN5/c18-14-5-7-15(8-6-14)21-17-13(10-20)11-23(22-17)16-4-2-1-3-12(16)9-19/h5-8,11-12,16H,1-4,10,20H2,(H,21,22). The minimum Gasteiger partial charge on any atom is -0.338 e. The fraction of sp³-hybridized carbons (Fsp3) is 0.412. The molecule has 0 radical (unpaired) electrons. The van der Waals surface area contributed by atoms with Crippen LogP contribution in [0.15, 0.2) is 30.5 Å². The average Bonchev–Trinajstić information content (AvgIpc) is 2.99. The molecule has 1 fully saturated rings. The largest absolute Gasteiger partial charge is 0.338 e. The van der Waals surface area contributed by atoms with Gasteiger partial charge in [0.2, 0.25) is 0 Å². The van der Waals surface area contributed by atoms with Gasteiger partial charge in [-0.25, -0.2) is 0 Å². The van der Waals surface area contributed by atoms with Gasteiger partial charge in [-0.05, 0) is 37.1 Å². The maximum Gasteiger partial charge on any atom is 0.156 e. The molecule has 0 saturated heterocycles. The van der Waals surface area contributed by atoms with Gasteiger partial charge >= 0.3 is 0 Å². The number of halogens is 1. The molecule has 5 nitrogen and oxygen atoms in total. The molecular formula is C17H20ClN5. The lowest BCUT2D eigenvalue weighted by Crippen LogP contribution is -2.22. The summed E-state index contributed by atoms with van der Waals surface area (Å²) in [6.07, 6.45) is 6.16. The third-order valence-corrected chi connectivity index (χ3v) is 4.62. The summed E-state index contributed by atoms with van der Waals surface area (Å²) in [5, 5.41) is 18.0. The van der Waals surface area contributed by atoms with E-state index in [9.17, 15) is 5.26 Å². The summed E-state index contributed by atoms with van der Waals surface area (Å²) >= 11 is 5.91. The van der Waals surface area contributed by atoms with Crippen molar-refractivity contribution in [3.8, 4) is 6.07 Å². The van der Waals surface area contributed by atoms with Crippen LogP contribution in [-0.2, 0) is 6.54 Å². The molecule has 0 spiro atoms. The Morgan fingerprint density at radius 1 is 1.30 bits per heavy atom. The summed E-state index contributed by atoms with van der Waals surface area (Å²) in [6, 6.07) is 10.0. The van der Waals surface area contributed by atoms with Gasteiger partial charge in [0.25, 0.3) is 0 Å². The Morgan fingerprint density at radius 2 is 2.04 bits per heavy atom. The molecule has 2 aromatic rings. The lowest BCUT2D eigenvalue weighted by atomic mass is 9.85. The van der Waals surface area contributed by atoms with E-state index in [0.29, 0.717) is 11.6 Å². The Bertz CT molecular complexity index is 701. The Labute approximate surface area is 141 Å². The summed E-state index contributed by atoms with van der Waals surface area (Å²) < 4.78 is 1.92. The van der Waals surface area contributed by atoms with Crippen LogP contribution in [0.1, 0.15) is 37.3 Å². The highest BCUT2D eigenvalue weighted by atomic mass is 35.5. The van der Waals surface area contributed by atoms with Crippen molar-refractivity contribution in [2.75, 3.05) is 5.32 Å². The Hall–Kier alpha value is -2.03. The van der Waals surface area contributed by atoms with Crippen molar-refractivity contribution in [1.82, 2.24) is 9.78 Å². The second-order valence-corrected chi connectivity index (χ2v) is 6.34. The number of nitrogens with one attached hydrogen (secondary N) is 1. The fourth-order valence-corrected chi connectivity index (χ4v) is 3.23. The van der Waals surface area contributed by atoms with E-state index in [1.807, 2.05) is 35.1 Å². The molecule has 2 atom stereocenters. The second kappa shape index (κ2) is 7.03. The molecule has 1 heterocycles. The molecule has 0 amide bonds. The number of benzene rings is 1. The van der Waals surface area contributed by atoms with Gasteiger partial charge < -0.3 is 11.1 Å². The summed E-state index contributed by atoms with van der Waals surface area (Å²) in [5.74, 6) is 0.773. The first-order valence-corrected chi connectivity index (χ1v) is 8.29. The summed E-state index contributed by atoms with van der Waals surface area (Å²) in [7, 11) is 0. The molecule has 1 aliphatic rings. The van der Waals surface area contributed by atoms with E-state index in [-0.39, 0.29) is 12.0 Å². The van der Waals surface area contributed by atoms with Crippen molar-refractivity contribution >= 4 is 23.1 Å². The lowest BCUT2D eigenvalue weighted by molar-refractivity contribution is 0.270. The topological polar surface area (TPSA) is 79.7 Å². The normalized spacial score (nSPS) is 20.9. The molecule has 23 heavy (non-hydrogen) atoms. The average molecular weight is 330 g/mol. The van der Waals surface area contributed by atoms with Gasteiger partial charge in [-0.2, -0.15) is 10.4 Å². The third kappa shape index (κ3) is 3.49. The van der Waals surface area contributed by atoms with Gasteiger partial charge in [-0.15, -0.1) is 0 Å². The summed E-state index contributed by atoms with van der Waals surface area (Å²) in [4.78, 5) is 0. The minimum atomic E-state index is 0.0256. The molecule has 0 bridgehead atoms. The van der Waals surface area contributed by atoms with Gasteiger partial charge in [0.1, 0.15) is 0 Å². The van der Waals surface area contributed by atoms with Crippen LogP contribution in [0.5, 0.6) is 0 Å². The maximum atomic E-state index is 9.37. The zero-order valence-electron chi connectivity index (χ0n) is 12.9. The van der Waals surface area contributed by atoms with E-state index in [4.69, 9.17) is 17.3 Å². The first kappa shape index (κ1) is 15.9. The van der Waals surface area contributed by atoms with E-state index in [1.54, 1.807) is 0 Å². The number of hydrogen-bond donors (Lipinski definition) is 2. The molecule has 0 aliphatic heterocycles. The number of anilines is 2. The predicted octanol–water partition coefficient (Wildman–Crippen LogP) is 3.99. The predicted molar refractivity (Wildman–Crippen MR) is 91.5 cm³/mol. The SMILES string of the molecule is N#CC1CCCCC1n1cc(CN)c(Nc2ccc(Cl)cc2)n1. The molecule has 1 aliphatic carbocycles. The number of nitriles is 1. The van der Waals surface area contributed by atoms with Crippen molar-refractivity contribution in [3.63, 3.8) is 0 Å². The molecular weight excluding hydrogens is 310 g/mol. The van der Waals surface area contributed by atoms with Gasteiger partial charge in [-0.1, -0.05) is 24.4 Å². The number of nitrogens with zero attached hydrogens (tertiary/aromatic N) is 3. The van der Waals surface area contributed by atoms with Crippen molar-refractivity contribution < 1.29 is 0 Å². The smallest absolute Gasteiger partial charge is 0.156 e.